The molecule has 94 valence electrons. The molecule has 0 bridgehead atoms. The fourth-order valence-corrected chi connectivity index (χ4v) is 2.05. The molecule has 0 aliphatic carbocycles. The first-order valence-electron chi connectivity index (χ1n) is 5.57. The average Bonchev–Trinajstić information content (AvgIpc) is 2.65. The third-order valence-electron chi connectivity index (χ3n) is 2.82. The van der Waals surface area contributed by atoms with Crippen LogP contribution < -0.4 is 10.5 Å². The first-order chi connectivity index (χ1) is 8.69. The topological polar surface area (TPSA) is 67.9 Å². The lowest BCUT2D eigenvalue weighted by atomic mass is 10.0. The number of benzene rings is 1. The average molecular weight is 245 g/mol. The van der Waals surface area contributed by atoms with Gasteiger partial charge in [0.05, 0.1) is 7.11 Å². The number of methoxy groups -OCH3 is 1. The Kier molecular flexibility index (Phi) is 3.32. The van der Waals surface area contributed by atoms with Gasteiger partial charge in [-0.3, -0.25) is 0 Å². The molecule has 18 heavy (non-hydrogen) atoms. The number of nitrogens with zero attached hydrogens (tertiary/aromatic N) is 2. The highest BCUT2D eigenvalue weighted by Crippen LogP contribution is 2.32. The molecule has 1 aromatic carbocycles. The van der Waals surface area contributed by atoms with E-state index in [0.717, 1.165) is 5.56 Å². The Hall–Kier alpha value is -2.30. The molecule has 0 spiro atoms. The van der Waals surface area contributed by atoms with Gasteiger partial charge < -0.3 is 15.4 Å². The molecule has 2 rings (SSSR count). The van der Waals surface area contributed by atoms with E-state index >= 15 is 0 Å². The Morgan fingerprint density at radius 3 is 2.94 bits per heavy atom. The summed E-state index contributed by atoms with van der Waals surface area (Å²) < 4.78 is 5.29. The van der Waals surface area contributed by atoms with E-state index in [-0.39, 0.29) is 17.9 Å². The number of hydrogen-bond donors (Lipinski definition) is 1. The van der Waals surface area contributed by atoms with Crippen LogP contribution in [0.4, 0.5) is 4.79 Å². The number of carbonyl (C=O) groups is 1. The monoisotopic (exact) mass is 245 g/mol. The minimum absolute atomic E-state index is 0.284. The number of aliphatic imine (C=N–C) groups is 1. The van der Waals surface area contributed by atoms with Crippen molar-refractivity contribution in [3.63, 3.8) is 0 Å². The quantitative estimate of drug-likeness (QED) is 0.821. The van der Waals surface area contributed by atoms with Crippen LogP contribution >= 0.6 is 0 Å². The van der Waals surface area contributed by atoms with Gasteiger partial charge in [0.2, 0.25) is 0 Å². The van der Waals surface area contributed by atoms with Gasteiger partial charge in [-0.25, -0.2) is 4.79 Å². The molecule has 2 amide bonds. The second-order valence-electron chi connectivity index (χ2n) is 3.90. The highest BCUT2D eigenvalue weighted by Gasteiger charge is 2.35. The summed E-state index contributed by atoms with van der Waals surface area (Å²) in [5.74, 6) is 0.968. The van der Waals surface area contributed by atoms with Crippen LogP contribution in [0.1, 0.15) is 11.6 Å². The van der Waals surface area contributed by atoms with Crippen molar-refractivity contribution in [2.24, 2.45) is 10.7 Å². The van der Waals surface area contributed by atoms with E-state index in [1.54, 1.807) is 18.1 Å². The minimum atomic E-state index is -0.383. The van der Waals surface area contributed by atoms with Crippen LogP contribution in [-0.2, 0) is 0 Å². The number of rotatable bonds is 4. The number of para-hydroxylation sites is 1. The van der Waals surface area contributed by atoms with E-state index in [1.807, 2.05) is 24.3 Å². The number of hydrogen-bond acceptors (Lipinski definition) is 3. The molecule has 0 fully saturated rings. The Morgan fingerprint density at radius 2 is 2.28 bits per heavy atom. The van der Waals surface area contributed by atoms with Crippen molar-refractivity contribution in [3.8, 4) is 5.75 Å². The van der Waals surface area contributed by atoms with E-state index in [4.69, 9.17) is 10.5 Å². The summed E-state index contributed by atoms with van der Waals surface area (Å²) in [7, 11) is 1.58. The number of urea groups is 1. The Bertz CT molecular complexity index is 511. The molecular formula is C13H15N3O2. The third kappa shape index (κ3) is 1.95. The molecule has 0 saturated heterocycles. The maximum atomic E-state index is 11.7. The highest BCUT2D eigenvalue weighted by atomic mass is 16.5. The van der Waals surface area contributed by atoms with Crippen LogP contribution in [0.5, 0.6) is 5.75 Å². The summed E-state index contributed by atoms with van der Waals surface area (Å²) in [6.45, 7) is 4.03. The normalized spacial score (nSPS) is 18.7. The number of nitrogens with two attached hydrogens (primary N) is 1. The molecule has 1 aliphatic heterocycles. The minimum Gasteiger partial charge on any atom is -0.496 e. The van der Waals surface area contributed by atoms with Gasteiger partial charge >= 0.3 is 6.03 Å². The SMILES string of the molecule is C=CCN1C(=O)N=C(N)C1c1ccccc1OC. The largest absolute Gasteiger partial charge is 0.496 e. The molecule has 1 aliphatic rings. The van der Waals surface area contributed by atoms with Gasteiger partial charge in [0.1, 0.15) is 17.6 Å². The van der Waals surface area contributed by atoms with Gasteiger partial charge in [0.15, 0.2) is 0 Å². The predicted molar refractivity (Wildman–Crippen MR) is 69.7 cm³/mol. The zero-order valence-electron chi connectivity index (χ0n) is 10.2. The van der Waals surface area contributed by atoms with E-state index in [9.17, 15) is 4.79 Å². The second-order valence-corrected chi connectivity index (χ2v) is 3.90. The zero-order valence-corrected chi connectivity index (χ0v) is 10.2. The predicted octanol–water partition coefficient (Wildman–Crippen LogP) is 1.72. The van der Waals surface area contributed by atoms with Gasteiger partial charge in [-0.1, -0.05) is 24.3 Å². The molecule has 0 radical (unpaired) electrons. The van der Waals surface area contributed by atoms with Gasteiger partial charge in [-0.05, 0) is 6.07 Å². The second kappa shape index (κ2) is 4.91. The molecule has 0 aromatic heterocycles. The molecule has 5 heteroatoms. The Labute approximate surface area is 106 Å². The zero-order chi connectivity index (χ0) is 13.1. The smallest absolute Gasteiger partial charge is 0.346 e. The van der Waals surface area contributed by atoms with Crippen molar-refractivity contribution >= 4 is 11.9 Å². The van der Waals surface area contributed by atoms with Crippen molar-refractivity contribution in [2.45, 2.75) is 6.04 Å². The summed E-state index contributed by atoms with van der Waals surface area (Å²) >= 11 is 0. The van der Waals surface area contributed by atoms with Crippen LogP contribution in [0.2, 0.25) is 0 Å². The van der Waals surface area contributed by atoms with E-state index in [2.05, 4.69) is 11.6 Å². The first-order valence-corrected chi connectivity index (χ1v) is 5.57. The lowest BCUT2D eigenvalue weighted by Crippen LogP contribution is -2.33. The van der Waals surface area contributed by atoms with Gasteiger partial charge in [-0.2, -0.15) is 4.99 Å². The maximum Gasteiger partial charge on any atom is 0.346 e. The van der Waals surface area contributed by atoms with Gasteiger partial charge in [-0.15, -0.1) is 6.58 Å². The number of amidine groups is 1. The molecule has 1 atom stereocenters. The fraction of sp³-hybridized carbons (Fsp3) is 0.231. The summed E-state index contributed by atoms with van der Waals surface area (Å²) in [5, 5.41) is 0. The first kappa shape index (κ1) is 12.2. The molecule has 1 heterocycles. The van der Waals surface area contributed by atoms with Crippen LogP contribution in [0, 0.1) is 0 Å². The molecule has 1 aromatic rings. The fourth-order valence-electron chi connectivity index (χ4n) is 2.05. The summed E-state index contributed by atoms with van der Waals surface area (Å²) in [5.41, 5.74) is 6.67. The standard InChI is InChI=1S/C13H15N3O2/c1-3-8-16-11(12(14)15-13(16)17)9-6-4-5-7-10(9)18-2/h3-7,11H,1,8H2,2H3,(H2,14,15,17). The van der Waals surface area contributed by atoms with Crippen LogP contribution in [-0.4, -0.2) is 30.4 Å². The molecule has 2 N–H and O–H groups in total. The van der Waals surface area contributed by atoms with E-state index in [1.165, 1.54) is 0 Å². The molecule has 0 saturated carbocycles. The van der Waals surface area contributed by atoms with Crippen LogP contribution in [0.3, 0.4) is 0 Å². The Balaban J connectivity index is 2.44. The lowest BCUT2D eigenvalue weighted by molar-refractivity contribution is 0.212. The third-order valence-corrected chi connectivity index (χ3v) is 2.82. The van der Waals surface area contributed by atoms with Crippen molar-refractivity contribution in [1.82, 2.24) is 4.90 Å². The van der Waals surface area contributed by atoms with E-state index < -0.39 is 0 Å². The van der Waals surface area contributed by atoms with Crippen molar-refractivity contribution in [3.05, 3.63) is 42.5 Å². The Morgan fingerprint density at radius 1 is 1.56 bits per heavy atom. The lowest BCUT2D eigenvalue weighted by Gasteiger charge is -2.24. The van der Waals surface area contributed by atoms with Crippen LogP contribution in [0.15, 0.2) is 41.9 Å². The van der Waals surface area contributed by atoms with Crippen molar-refractivity contribution in [2.75, 3.05) is 13.7 Å². The van der Waals surface area contributed by atoms with Crippen molar-refractivity contribution < 1.29 is 9.53 Å². The number of ether oxygens (including phenoxy) is 1. The number of carbonyl (C=O) groups excluding carboxylic acids is 1. The summed E-state index contributed by atoms with van der Waals surface area (Å²) in [6.07, 6.45) is 1.65. The summed E-state index contributed by atoms with van der Waals surface area (Å²) in [6, 6.07) is 6.72. The van der Waals surface area contributed by atoms with Gasteiger partial charge in [0.25, 0.3) is 0 Å². The number of amides is 2. The summed E-state index contributed by atoms with van der Waals surface area (Å²) in [4.78, 5) is 17.1. The maximum absolute atomic E-state index is 11.7. The van der Waals surface area contributed by atoms with Crippen molar-refractivity contribution in [1.29, 1.82) is 0 Å². The van der Waals surface area contributed by atoms with Gasteiger partial charge in [0, 0.05) is 12.1 Å². The molecule has 1 unspecified atom stereocenters. The molecular weight excluding hydrogens is 230 g/mol. The van der Waals surface area contributed by atoms with E-state index in [0.29, 0.717) is 12.3 Å². The highest BCUT2D eigenvalue weighted by molar-refractivity contribution is 6.03. The molecule has 5 nitrogen and oxygen atoms in total. The van der Waals surface area contributed by atoms with Crippen LogP contribution in [0.25, 0.3) is 0 Å².